The summed E-state index contributed by atoms with van der Waals surface area (Å²) in [6.45, 7) is 2.26. The van der Waals surface area contributed by atoms with Crippen molar-refractivity contribution in [2.24, 2.45) is 5.92 Å². The maximum Gasteiger partial charge on any atom is 0.271 e. The van der Waals surface area contributed by atoms with Gasteiger partial charge in [0.2, 0.25) is 5.88 Å². The van der Waals surface area contributed by atoms with Gasteiger partial charge >= 0.3 is 0 Å². The fourth-order valence-electron chi connectivity index (χ4n) is 3.73. The Morgan fingerprint density at radius 1 is 1.21 bits per heavy atom. The van der Waals surface area contributed by atoms with Crippen LogP contribution in [0.25, 0.3) is 10.2 Å². The van der Waals surface area contributed by atoms with Crippen molar-refractivity contribution >= 4 is 32.6 Å². The van der Waals surface area contributed by atoms with Crippen molar-refractivity contribution in [3.05, 3.63) is 36.3 Å². The highest BCUT2D eigenvalue weighted by molar-refractivity contribution is 7.22. The van der Waals surface area contributed by atoms with Crippen molar-refractivity contribution in [1.82, 2.24) is 20.3 Å². The molecular formula is C21H25N5O2S. The number of benzene rings is 1. The van der Waals surface area contributed by atoms with Crippen LogP contribution in [0.1, 0.15) is 49.5 Å². The lowest BCUT2D eigenvalue weighted by Gasteiger charge is -2.28. The summed E-state index contributed by atoms with van der Waals surface area (Å²) < 4.78 is 6.85. The zero-order valence-electron chi connectivity index (χ0n) is 16.6. The number of hydrogen-bond donors (Lipinski definition) is 2. The standard InChI is InChI=1S/C21H25N5O2S/c1-13(14-6-4-3-5-7-14)24-21-26-16-9-8-15(10-18(16)29-21)28-19-12-23-11-17(25-19)20(27)22-2/h8-14H,3-7H2,1-2H3,(H,22,27)(H,24,26). The number of nitrogens with one attached hydrogen (secondary N) is 2. The quantitative estimate of drug-likeness (QED) is 0.615. The molecule has 1 amide bonds. The Bertz CT molecular complexity index is 1000. The summed E-state index contributed by atoms with van der Waals surface area (Å²) in [4.78, 5) is 24.6. The lowest BCUT2D eigenvalue weighted by Crippen LogP contribution is -2.27. The first-order valence-corrected chi connectivity index (χ1v) is 10.8. The molecule has 2 N–H and O–H groups in total. The second-order valence-electron chi connectivity index (χ2n) is 7.40. The number of amides is 1. The highest BCUT2D eigenvalue weighted by atomic mass is 32.1. The van der Waals surface area contributed by atoms with Crippen LogP contribution in [0.5, 0.6) is 11.6 Å². The zero-order valence-corrected chi connectivity index (χ0v) is 17.5. The lowest BCUT2D eigenvalue weighted by atomic mass is 9.85. The fourth-order valence-corrected chi connectivity index (χ4v) is 4.72. The van der Waals surface area contributed by atoms with E-state index >= 15 is 0 Å². The molecule has 8 heteroatoms. The molecule has 2 heterocycles. The van der Waals surface area contributed by atoms with E-state index in [0.29, 0.717) is 11.8 Å². The van der Waals surface area contributed by atoms with Gasteiger partial charge in [-0.15, -0.1) is 0 Å². The summed E-state index contributed by atoms with van der Waals surface area (Å²) in [5, 5.41) is 7.07. The van der Waals surface area contributed by atoms with Crippen LogP contribution in [0.3, 0.4) is 0 Å². The van der Waals surface area contributed by atoms with Crippen molar-refractivity contribution in [3.63, 3.8) is 0 Å². The first-order chi connectivity index (χ1) is 14.1. The molecule has 1 aliphatic carbocycles. The second kappa shape index (κ2) is 8.73. The summed E-state index contributed by atoms with van der Waals surface area (Å²) in [7, 11) is 1.55. The summed E-state index contributed by atoms with van der Waals surface area (Å²) in [6, 6.07) is 6.16. The van der Waals surface area contributed by atoms with E-state index in [1.165, 1.54) is 44.5 Å². The minimum absolute atomic E-state index is 0.215. The SMILES string of the molecule is CNC(=O)c1cncc(Oc2ccc3nc(NC(C)C4CCCCC4)sc3c2)n1. The van der Waals surface area contributed by atoms with E-state index in [4.69, 9.17) is 9.72 Å². The van der Waals surface area contributed by atoms with E-state index in [1.807, 2.05) is 18.2 Å². The minimum Gasteiger partial charge on any atom is -0.437 e. The van der Waals surface area contributed by atoms with Crippen LogP contribution in [0.2, 0.25) is 0 Å². The van der Waals surface area contributed by atoms with E-state index < -0.39 is 0 Å². The molecule has 1 aromatic carbocycles. The number of carbonyl (C=O) groups is 1. The molecule has 0 aliphatic heterocycles. The van der Waals surface area contributed by atoms with Gasteiger partial charge in [0.15, 0.2) is 5.13 Å². The van der Waals surface area contributed by atoms with E-state index in [1.54, 1.807) is 18.4 Å². The summed E-state index contributed by atoms with van der Waals surface area (Å²) >= 11 is 1.62. The maximum atomic E-state index is 11.7. The number of hydrogen-bond acceptors (Lipinski definition) is 7. The molecule has 29 heavy (non-hydrogen) atoms. The largest absolute Gasteiger partial charge is 0.437 e. The van der Waals surface area contributed by atoms with Crippen molar-refractivity contribution in [3.8, 4) is 11.6 Å². The van der Waals surface area contributed by atoms with Gasteiger partial charge in [0.05, 0.1) is 22.6 Å². The van der Waals surface area contributed by atoms with Gasteiger partial charge in [0.25, 0.3) is 5.91 Å². The summed E-state index contributed by atoms with van der Waals surface area (Å²) in [6.07, 6.45) is 9.53. The first kappa shape index (κ1) is 19.6. The van der Waals surface area contributed by atoms with Crippen LogP contribution >= 0.6 is 11.3 Å². The molecule has 0 saturated heterocycles. The molecule has 2 aromatic heterocycles. The Labute approximate surface area is 173 Å². The number of anilines is 1. The highest BCUT2D eigenvalue weighted by Gasteiger charge is 2.21. The van der Waals surface area contributed by atoms with Crippen LogP contribution in [-0.2, 0) is 0 Å². The van der Waals surface area contributed by atoms with Crippen LogP contribution in [0, 0.1) is 5.92 Å². The van der Waals surface area contributed by atoms with Crippen molar-refractivity contribution in [2.75, 3.05) is 12.4 Å². The smallest absolute Gasteiger partial charge is 0.271 e. The van der Waals surface area contributed by atoms with Crippen molar-refractivity contribution in [2.45, 2.75) is 45.1 Å². The van der Waals surface area contributed by atoms with Crippen LogP contribution in [0.4, 0.5) is 5.13 Å². The third kappa shape index (κ3) is 4.64. The molecule has 1 aliphatic rings. The van der Waals surface area contributed by atoms with Gasteiger partial charge in [-0.3, -0.25) is 9.78 Å². The van der Waals surface area contributed by atoms with E-state index in [-0.39, 0.29) is 17.5 Å². The molecule has 1 unspecified atom stereocenters. The predicted octanol–water partition coefficient (Wildman–Crippen LogP) is 4.62. The Balaban J connectivity index is 1.47. The lowest BCUT2D eigenvalue weighted by molar-refractivity contribution is 0.0957. The molecule has 1 fully saturated rings. The van der Waals surface area contributed by atoms with Gasteiger partial charge in [0, 0.05) is 19.2 Å². The number of carbonyl (C=O) groups excluding carboxylic acids is 1. The van der Waals surface area contributed by atoms with Gasteiger partial charge < -0.3 is 15.4 Å². The Morgan fingerprint density at radius 2 is 2.03 bits per heavy atom. The van der Waals surface area contributed by atoms with Crippen LogP contribution in [-0.4, -0.2) is 33.9 Å². The third-order valence-corrected chi connectivity index (χ3v) is 6.31. The molecule has 7 nitrogen and oxygen atoms in total. The Kier molecular flexibility index (Phi) is 5.89. The first-order valence-electron chi connectivity index (χ1n) is 10.0. The summed E-state index contributed by atoms with van der Waals surface area (Å²) in [5.74, 6) is 1.33. The minimum atomic E-state index is -0.302. The van der Waals surface area contributed by atoms with Crippen molar-refractivity contribution < 1.29 is 9.53 Å². The molecule has 1 atom stereocenters. The Morgan fingerprint density at radius 3 is 2.83 bits per heavy atom. The van der Waals surface area contributed by atoms with Gasteiger partial charge in [-0.2, -0.15) is 0 Å². The molecule has 3 aromatic rings. The average molecular weight is 412 g/mol. The maximum absolute atomic E-state index is 11.7. The summed E-state index contributed by atoms with van der Waals surface area (Å²) in [5.41, 5.74) is 1.15. The molecule has 4 rings (SSSR count). The van der Waals surface area contributed by atoms with Crippen molar-refractivity contribution in [1.29, 1.82) is 0 Å². The normalized spacial score (nSPS) is 15.8. The highest BCUT2D eigenvalue weighted by Crippen LogP contribution is 2.33. The van der Waals surface area contributed by atoms with Gasteiger partial charge in [-0.05, 0) is 37.8 Å². The van der Waals surface area contributed by atoms with E-state index in [9.17, 15) is 4.79 Å². The topological polar surface area (TPSA) is 89.0 Å². The number of rotatable bonds is 6. The Hall–Kier alpha value is -2.74. The van der Waals surface area contributed by atoms with Gasteiger partial charge in [-0.1, -0.05) is 30.6 Å². The molecule has 0 bridgehead atoms. The van der Waals surface area contributed by atoms with E-state index in [2.05, 4.69) is 27.5 Å². The monoisotopic (exact) mass is 411 g/mol. The van der Waals surface area contributed by atoms with Gasteiger partial charge in [-0.25, -0.2) is 9.97 Å². The number of thiazole rings is 1. The zero-order chi connectivity index (χ0) is 20.2. The average Bonchev–Trinajstić information content (AvgIpc) is 3.15. The molecular weight excluding hydrogens is 386 g/mol. The number of fused-ring (bicyclic) bond motifs is 1. The predicted molar refractivity (Wildman–Crippen MR) is 115 cm³/mol. The van der Waals surface area contributed by atoms with Crippen LogP contribution in [0.15, 0.2) is 30.6 Å². The van der Waals surface area contributed by atoms with E-state index in [0.717, 1.165) is 21.3 Å². The molecule has 152 valence electrons. The van der Waals surface area contributed by atoms with Crippen LogP contribution < -0.4 is 15.4 Å². The molecule has 0 spiro atoms. The second-order valence-corrected chi connectivity index (χ2v) is 8.43. The number of aromatic nitrogens is 3. The third-order valence-electron chi connectivity index (χ3n) is 5.36. The van der Waals surface area contributed by atoms with Gasteiger partial charge in [0.1, 0.15) is 11.4 Å². The molecule has 1 saturated carbocycles. The number of ether oxygens (including phenoxy) is 1. The fraction of sp³-hybridized carbons (Fsp3) is 0.429. The molecule has 0 radical (unpaired) electrons. The number of nitrogens with zero attached hydrogens (tertiary/aromatic N) is 3.